The number of hydrogen-bond donors (Lipinski definition) is 1. The molecule has 2 aromatic rings. The number of aromatic carboxylic acids is 1. The highest BCUT2D eigenvalue weighted by Gasteiger charge is 2.21. The number of ether oxygens (including phenoxy) is 1. The first-order chi connectivity index (χ1) is 9.45. The Balaban J connectivity index is 2.69. The molecule has 0 atom stereocenters. The summed E-state index contributed by atoms with van der Waals surface area (Å²) in [6, 6.07) is 5.12. The summed E-state index contributed by atoms with van der Waals surface area (Å²) in [5, 5.41) is 8.81. The second-order valence-electron chi connectivity index (χ2n) is 3.94. The van der Waals surface area contributed by atoms with Crippen LogP contribution in [0.4, 0.5) is 13.2 Å². The van der Waals surface area contributed by atoms with Crippen molar-refractivity contribution >= 4 is 5.97 Å². The third-order valence-electron chi connectivity index (χ3n) is 2.75. The molecule has 20 heavy (non-hydrogen) atoms. The lowest BCUT2D eigenvalue weighted by molar-refractivity contribution is 0.0692. The number of carbonyl (C=O) groups is 1. The van der Waals surface area contributed by atoms with Crippen LogP contribution in [0.5, 0.6) is 5.75 Å². The molecule has 1 N–H and O–H groups in total. The summed E-state index contributed by atoms with van der Waals surface area (Å²) in [6.07, 6.45) is 0. The Morgan fingerprint density at radius 1 is 1.15 bits per heavy atom. The molecule has 104 valence electrons. The zero-order valence-electron chi connectivity index (χ0n) is 10.3. The highest BCUT2D eigenvalue weighted by Crippen LogP contribution is 2.32. The minimum Gasteiger partial charge on any atom is -0.497 e. The summed E-state index contributed by atoms with van der Waals surface area (Å²) < 4.78 is 46.4. The van der Waals surface area contributed by atoms with E-state index in [4.69, 9.17) is 9.84 Å². The number of carboxylic acids is 1. The molecule has 0 bridgehead atoms. The number of carboxylic acid groups (broad SMARTS) is 1. The second kappa shape index (κ2) is 5.24. The number of methoxy groups -OCH3 is 1. The van der Waals surface area contributed by atoms with Crippen LogP contribution in [0.2, 0.25) is 0 Å². The predicted octanol–water partition coefficient (Wildman–Crippen LogP) is 3.48. The maximum atomic E-state index is 14.0. The lowest BCUT2D eigenvalue weighted by Gasteiger charge is -2.10. The zero-order valence-corrected chi connectivity index (χ0v) is 10.3. The van der Waals surface area contributed by atoms with E-state index >= 15 is 0 Å². The molecule has 3 nitrogen and oxygen atoms in total. The molecule has 0 heterocycles. The van der Waals surface area contributed by atoms with Crippen molar-refractivity contribution in [3.8, 4) is 16.9 Å². The van der Waals surface area contributed by atoms with E-state index in [2.05, 4.69) is 0 Å². The predicted molar refractivity (Wildman–Crippen MR) is 65.3 cm³/mol. The molecular weight excluding hydrogens is 273 g/mol. The zero-order chi connectivity index (χ0) is 14.9. The molecule has 6 heteroatoms. The van der Waals surface area contributed by atoms with Gasteiger partial charge in [0.25, 0.3) is 0 Å². The van der Waals surface area contributed by atoms with Gasteiger partial charge in [-0.1, -0.05) is 12.1 Å². The van der Waals surface area contributed by atoms with E-state index in [1.807, 2.05) is 0 Å². The maximum absolute atomic E-state index is 14.0. The Hall–Kier alpha value is -2.50. The van der Waals surface area contributed by atoms with E-state index in [0.29, 0.717) is 0 Å². The van der Waals surface area contributed by atoms with Gasteiger partial charge in [-0.05, 0) is 6.07 Å². The summed E-state index contributed by atoms with van der Waals surface area (Å²) >= 11 is 0. The van der Waals surface area contributed by atoms with Gasteiger partial charge in [0.1, 0.15) is 23.2 Å². The molecule has 0 aliphatic carbocycles. The highest BCUT2D eigenvalue weighted by atomic mass is 19.1. The monoisotopic (exact) mass is 282 g/mol. The Morgan fingerprint density at radius 3 is 2.25 bits per heavy atom. The van der Waals surface area contributed by atoms with Crippen molar-refractivity contribution in [2.45, 2.75) is 0 Å². The summed E-state index contributed by atoms with van der Waals surface area (Å²) in [5.41, 5.74) is -1.74. The molecule has 0 amide bonds. The van der Waals surface area contributed by atoms with E-state index < -0.39 is 40.1 Å². The fourth-order valence-corrected chi connectivity index (χ4v) is 1.82. The van der Waals surface area contributed by atoms with Crippen LogP contribution in [0.25, 0.3) is 11.1 Å². The molecule has 0 saturated carbocycles. The summed E-state index contributed by atoms with van der Waals surface area (Å²) in [5.74, 6) is -4.84. The normalized spacial score (nSPS) is 10.4. The molecule has 2 rings (SSSR count). The fraction of sp³-hybridized carbons (Fsp3) is 0.0714. The molecule has 0 saturated heterocycles. The fourth-order valence-electron chi connectivity index (χ4n) is 1.82. The van der Waals surface area contributed by atoms with Gasteiger partial charge in [0.15, 0.2) is 0 Å². The standard InChI is InChI=1S/C14H9F3O3/c1-20-7-5-10(15)12(11(16)6-7)8-3-2-4-9(13(8)17)14(18)19/h2-6H,1H3,(H,18,19). The van der Waals surface area contributed by atoms with Crippen LogP contribution >= 0.6 is 0 Å². The van der Waals surface area contributed by atoms with Gasteiger partial charge in [-0.25, -0.2) is 18.0 Å². The SMILES string of the molecule is COc1cc(F)c(-c2cccc(C(=O)O)c2F)c(F)c1. The van der Waals surface area contributed by atoms with E-state index in [-0.39, 0.29) is 5.75 Å². The van der Waals surface area contributed by atoms with Crippen molar-refractivity contribution in [1.82, 2.24) is 0 Å². The van der Waals surface area contributed by atoms with Gasteiger partial charge in [0, 0.05) is 17.7 Å². The molecule has 0 fully saturated rings. The molecule has 0 aromatic heterocycles. The van der Waals surface area contributed by atoms with Crippen molar-refractivity contribution in [2.24, 2.45) is 0 Å². The minimum absolute atomic E-state index is 0.0569. The third-order valence-corrected chi connectivity index (χ3v) is 2.75. The molecule has 0 aliphatic heterocycles. The molecular formula is C14H9F3O3. The van der Waals surface area contributed by atoms with Crippen LogP contribution in [-0.2, 0) is 0 Å². The van der Waals surface area contributed by atoms with Gasteiger partial charge >= 0.3 is 5.97 Å². The van der Waals surface area contributed by atoms with Gasteiger partial charge in [-0.3, -0.25) is 0 Å². The summed E-state index contributed by atoms with van der Waals surface area (Å²) in [7, 11) is 1.24. The molecule has 0 spiro atoms. The molecule has 2 aromatic carbocycles. The Morgan fingerprint density at radius 2 is 1.75 bits per heavy atom. The maximum Gasteiger partial charge on any atom is 0.338 e. The lowest BCUT2D eigenvalue weighted by atomic mass is 10.0. The summed E-state index contributed by atoms with van der Waals surface area (Å²) in [4.78, 5) is 10.8. The number of benzene rings is 2. The third kappa shape index (κ3) is 2.32. The van der Waals surface area contributed by atoms with E-state index in [1.165, 1.54) is 13.2 Å². The molecule has 0 aliphatic rings. The van der Waals surface area contributed by atoms with E-state index in [9.17, 15) is 18.0 Å². The molecule has 0 radical (unpaired) electrons. The van der Waals surface area contributed by atoms with Gasteiger partial charge in [-0.15, -0.1) is 0 Å². The van der Waals surface area contributed by atoms with Gasteiger partial charge in [-0.2, -0.15) is 0 Å². The van der Waals surface area contributed by atoms with Crippen molar-refractivity contribution < 1.29 is 27.8 Å². The average molecular weight is 282 g/mol. The minimum atomic E-state index is -1.52. The quantitative estimate of drug-likeness (QED) is 0.937. The Bertz CT molecular complexity index is 660. The van der Waals surface area contributed by atoms with E-state index in [0.717, 1.165) is 24.3 Å². The highest BCUT2D eigenvalue weighted by molar-refractivity contribution is 5.90. The van der Waals surface area contributed by atoms with Crippen LogP contribution in [0.15, 0.2) is 30.3 Å². The average Bonchev–Trinajstić information content (AvgIpc) is 2.39. The number of halogens is 3. The van der Waals surface area contributed by atoms with Gasteiger partial charge < -0.3 is 9.84 Å². The van der Waals surface area contributed by atoms with Crippen LogP contribution in [0.3, 0.4) is 0 Å². The number of hydrogen-bond acceptors (Lipinski definition) is 2. The van der Waals surface area contributed by atoms with Crippen LogP contribution < -0.4 is 4.74 Å². The largest absolute Gasteiger partial charge is 0.497 e. The first kappa shape index (κ1) is 13.9. The van der Waals surface area contributed by atoms with Crippen LogP contribution in [0.1, 0.15) is 10.4 Å². The Kier molecular flexibility index (Phi) is 3.65. The topological polar surface area (TPSA) is 46.5 Å². The smallest absolute Gasteiger partial charge is 0.338 e. The van der Waals surface area contributed by atoms with Crippen molar-refractivity contribution in [2.75, 3.05) is 7.11 Å². The van der Waals surface area contributed by atoms with Crippen molar-refractivity contribution in [3.63, 3.8) is 0 Å². The summed E-state index contributed by atoms with van der Waals surface area (Å²) in [6.45, 7) is 0. The second-order valence-corrected chi connectivity index (χ2v) is 3.94. The van der Waals surface area contributed by atoms with Gasteiger partial charge in [0.05, 0.1) is 18.2 Å². The Labute approximate surface area is 112 Å². The van der Waals surface area contributed by atoms with Crippen LogP contribution in [0, 0.1) is 17.5 Å². The number of rotatable bonds is 3. The molecule has 0 unspecified atom stereocenters. The van der Waals surface area contributed by atoms with Crippen molar-refractivity contribution in [3.05, 3.63) is 53.3 Å². The van der Waals surface area contributed by atoms with Gasteiger partial charge in [0.2, 0.25) is 0 Å². The first-order valence-electron chi connectivity index (χ1n) is 5.51. The van der Waals surface area contributed by atoms with Crippen LogP contribution in [-0.4, -0.2) is 18.2 Å². The van der Waals surface area contributed by atoms with Crippen molar-refractivity contribution in [1.29, 1.82) is 0 Å². The van der Waals surface area contributed by atoms with E-state index in [1.54, 1.807) is 0 Å². The first-order valence-corrected chi connectivity index (χ1v) is 5.51. The lowest BCUT2D eigenvalue weighted by Crippen LogP contribution is -2.03.